The molecule has 1 aromatic carbocycles. The molecule has 0 spiro atoms. The predicted octanol–water partition coefficient (Wildman–Crippen LogP) is 1.65. The molecule has 1 aliphatic heterocycles. The SMILES string of the molecule is CC(N)C1COc2cccc(F)c21. The van der Waals surface area contributed by atoms with E-state index in [-0.39, 0.29) is 17.8 Å². The Morgan fingerprint density at radius 2 is 2.38 bits per heavy atom. The molecule has 2 N–H and O–H groups in total. The van der Waals surface area contributed by atoms with Crippen LogP contribution in [0.4, 0.5) is 4.39 Å². The monoisotopic (exact) mass is 181 g/mol. The lowest BCUT2D eigenvalue weighted by molar-refractivity contribution is 0.318. The van der Waals surface area contributed by atoms with E-state index in [2.05, 4.69) is 0 Å². The van der Waals surface area contributed by atoms with Gasteiger partial charge in [-0.05, 0) is 19.1 Å². The Hall–Kier alpha value is -1.09. The van der Waals surface area contributed by atoms with E-state index in [4.69, 9.17) is 10.5 Å². The number of hydrogen-bond donors (Lipinski definition) is 1. The molecule has 1 aliphatic rings. The van der Waals surface area contributed by atoms with Crippen molar-refractivity contribution in [1.29, 1.82) is 0 Å². The Balaban J connectivity index is 2.46. The minimum Gasteiger partial charge on any atom is -0.492 e. The number of benzene rings is 1. The van der Waals surface area contributed by atoms with E-state index in [1.165, 1.54) is 6.07 Å². The molecular weight excluding hydrogens is 169 g/mol. The first kappa shape index (κ1) is 8.51. The minimum absolute atomic E-state index is 0.00352. The first-order valence-corrected chi connectivity index (χ1v) is 4.37. The van der Waals surface area contributed by atoms with Crippen molar-refractivity contribution >= 4 is 0 Å². The van der Waals surface area contributed by atoms with Crippen LogP contribution in [0.1, 0.15) is 18.4 Å². The summed E-state index contributed by atoms with van der Waals surface area (Å²) in [4.78, 5) is 0. The summed E-state index contributed by atoms with van der Waals surface area (Å²) in [6, 6.07) is 4.81. The van der Waals surface area contributed by atoms with Gasteiger partial charge < -0.3 is 10.5 Å². The lowest BCUT2D eigenvalue weighted by atomic mass is 9.95. The predicted molar refractivity (Wildman–Crippen MR) is 48.3 cm³/mol. The normalized spacial score (nSPS) is 22.2. The van der Waals surface area contributed by atoms with Crippen LogP contribution in [-0.4, -0.2) is 12.6 Å². The van der Waals surface area contributed by atoms with Crippen molar-refractivity contribution in [2.24, 2.45) is 5.73 Å². The number of nitrogens with two attached hydrogens (primary N) is 1. The molecule has 13 heavy (non-hydrogen) atoms. The van der Waals surface area contributed by atoms with E-state index in [1.54, 1.807) is 12.1 Å². The number of hydrogen-bond acceptors (Lipinski definition) is 2. The zero-order valence-electron chi connectivity index (χ0n) is 7.46. The van der Waals surface area contributed by atoms with E-state index in [1.807, 2.05) is 6.92 Å². The molecule has 1 heterocycles. The van der Waals surface area contributed by atoms with Crippen molar-refractivity contribution in [2.45, 2.75) is 18.9 Å². The van der Waals surface area contributed by atoms with E-state index in [0.29, 0.717) is 17.9 Å². The van der Waals surface area contributed by atoms with Gasteiger partial charge in [-0.25, -0.2) is 4.39 Å². The molecule has 2 nitrogen and oxygen atoms in total. The van der Waals surface area contributed by atoms with Crippen LogP contribution >= 0.6 is 0 Å². The fourth-order valence-electron chi connectivity index (χ4n) is 1.68. The molecule has 0 fully saturated rings. The number of halogens is 1. The molecule has 0 saturated heterocycles. The van der Waals surface area contributed by atoms with E-state index < -0.39 is 0 Å². The van der Waals surface area contributed by atoms with Gasteiger partial charge in [0.05, 0.1) is 6.61 Å². The highest BCUT2D eigenvalue weighted by molar-refractivity contribution is 5.41. The molecule has 2 atom stereocenters. The van der Waals surface area contributed by atoms with Gasteiger partial charge in [-0.15, -0.1) is 0 Å². The molecule has 0 amide bonds. The lowest BCUT2D eigenvalue weighted by Gasteiger charge is -2.12. The van der Waals surface area contributed by atoms with Crippen LogP contribution in [0.5, 0.6) is 5.75 Å². The van der Waals surface area contributed by atoms with Crippen molar-refractivity contribution < 1.29 is 9.13 Å². The molecule has 2 rings (SSSR count). The lowest BCUT2D eigenvalue weighted by Crippen LogP contribution is -2.26. The molecule has 0 aromatic heterocycles. The second-order valence-electron chi connectivity index (χ2n) is 3.43. The summed E-state index contributed by atoms with van der Waals surface area (Å²) in [5, 5.41) is 0. The molecule has 0 saturated carbocycles. The van der Waals surface area contributed by atoms with E-state index >= 15 is 0 Å². The zero-order chi connectivity index (χ0) is 9.42. The van der Waals surface area contributed by atoms with Gasteiger partial charge in [0.15, 0.2) is 0 Å². The van der Waals surface area contributed by atoms with Gasteiger partial charge in [-0.2, -0.15) is 0 Å². The Kier molecular flexibility index (Phi) is 1.96. The summed E-state index contributed by atoms with van der Waals surface area (Å²) in [6.45, 7) is 2.36. The van der Waals surface area contributed by atoms with Crippen LogP contribution < -0.4 is 10.5 Å². The highest BCUT2D eigenvalue weighted by atomic mass is 19.1. The quantitative estimate of drug-likeness (QED) is 0.715. The maximum atomic E-state index is 13.4. The Morgan fingerprint density at radius 1 is 1.62 bits per heavy atom. The molecule has 2 unspecified atom stereocenters. The second kappa shape index (κ2) is 3.00. The molecule has 3 heteroatoms. The van der Waals surface area contributed by atoms with Crippen LogP contribution in [-0.2, 0) is 0 Å². The highest BCUT2D eigenvalue weighted by Crippen LogP contribution is 2.36. The van der Waals surface area contributed by atoms with Crippen LogP contribution in [0.25, 0.3) is 0 Å². The van der Waals surface area contributed by atoms with Gasteiger partial charge >= 0.3 is 0 Å². The van der Waals surface area contributed by atoms with E-state index in [0.717, 1.165) is 0 Å². The van der Waals surface area contributed by atoms with Crippen LogP contribution in [0.2, 0.25) is 0 Å². The van der Waals surface area contributed by atoms with E-state index in [9.17, 15) is 4.39 Å². The molecule has 0 radical (unpaired) electrons. The maximum Gasteiger partial charge on any atom is 0.130 e. The second-order valence-corrected chi connectivity index (χ2v) is 3.43. The summed E-state index contributed by atoms with van der Waals surface area (Å²) in [5.41, 5.74) is 6.37. The molecule has 70 valence electrons. The Morgan fingerprint density at radius 3 is 3.08 bits per heavy atom. The highest BCUT2D eigenvalue weighted by Gasteiger charge is 2.29. The summed E-state index contributed by atoms with van der Waals surface area (Å²) in [5.74, 6) is 0.427. The first-order valence-electron chi connectivity index (χ1n) is 4.37. The molecule has 0 aliphatic carbocycles. The topological polar surface area (TPSA) is 35.2 Å². The van der Waals surface area contributed by atoms with Crippen molar-refractivity contribution in [1.82, 2.24) is 0 Å². The van der Waals surface area contributed by atoms with Crippen LogP contribution in [0.15, 0.2) is 18.2 Å². The average molecular weight is 181 g/mol. The summed E-state index contributed by atoms with van der Waals surface area (Å²) in [7, 11) is 0. The number of rotatable bonds is 1. The van der Waals surface area contributed by atoms with Crippen LogP contribution in [0, 0.1) is 5.82 Å². The third kappa shape index (κ3) is 1.29. The number of fused-ring (bicyclic) bond motifs is 1. The van der Waals surface area contributed by atoms with Gasteiger partial charge in [0.25, 0.3) is 0 Å². The first-order chi connectivity index (χ1) is 6.20. The van der Waals surface area contributed by atoms with Gasteiger partial charge in [0, 0.05) is 17.5 Å². The summed E-state index contributed by atoms with van der Waals surface area (Å²) in [6.07, 6.45) is 0. The van der Waals surface area contributed by atoms with Gasteiger partial charge in [0.1, 0.15) is 11.6 Å². The summed E-state index contributed by atoms with van der Waals surface area (Å²) < 4.78 is 18.7. The largest absolute Gasteiger partial charge is 0.492 e. The smallest absolute Gasteiger partial charge is 0.130 e. The molecular formula is C10H12FNO. The van der Waals surface area contributed by atoms with Crippen molar-refractivity contribution in [3.63, 3.8) is 0 Å². The zero-order valence-corrected chi connectivity index (χ0v) is 7.46. The Bertz CT molecular complexity index is 325. The van der Waals surface area contributed by atoms with Crippen LogP contribution in [0.3, 0.4) is 0 Å². The number of ether oxygens (including phenoxy) is 1. The van der Waals surface area contributed by atoms with Gasteiger partial charge in [0.2, 0.25) is 0 Å². The van der Waals surface area contributed by atoms with Crippen molar-refractivity contribution in [2.75, 3.05) is 6.61 Å². The fourth-order valence-corrected chi connectivity index (χ4v) is 1.68. The minimum atomic E-state index is -0.211. The third-order valence-electron chi connectivity index (χ3n) is 2.44. The average Bonchev–Trinajstić information content (AvgIpc) is 2.49. The fraction of sp³-hybridized carbons (Fsp3) is 0.400. The van der Waals surface area contributed by atoms with Gasteiger partial charge in [-0.3, -0.25) is 0 Å². The third-order valence-corrected chi connectivity index (χ3v) is 2.44. The molecule has 0 bridgehead atoms. The van der Waals surface area contributed by atoms with Gasteiger partial charge in [-0.1, -0.05) is 6.07 Å². The van der Waals surface area contributed by atoms with Crippen molar-refractivity contribution in [3.05, 3.63) is 29.6 Å². The standard InChI is InChI=1S/C10H12FNO/c1-6(12)7-5-13-9-4-2-3-8(11)10(7)9/h2-4,6-7H,5,12H2,1H3. The summed E-state index contributed by atoms with van der Waals surface area (Å²) >= 11 is 0. The molecule has 1 aromatic rings. The van der Waals surface area contributed by atoms with Crippen molar-refractivity contribution in [3.8, 4) is 5.75 Å². The maximum absolute atomic E-state index is 13.4. The Labute approximate surface area is 76.5 Å².